The summed E-state index contributed by atoms with van der Waals surface area (Å²) in [6, 6.07) is 17.6. The monoisotopic (exact) mass is 474 g/mol. The van der Waals surface area contributed by atoms with Gasteiger partial charge in [-0.25, -0.2) is 9.36 Å². The van der Waals surface area contributed by atoms with Gasteiger partial charge in [0.05, 0.1) is 18.4 Å². The van der Waals surface area contributed by atoms with E-state index in [1.54, 1.807) is 17.1 Å². The van der Waals surface area contributed by atoms with Crippen LogP contribution >= 0.6 is 0 Å². The highest BCUT2D eigenvalue weighted by molar-refractivity contribution is 5.76. The Hall–Kier alpha value is -3.45. The first-order chi connectivity index (χ1) is 16.5. The topological polar surface area (TPSA) is 82.2 Å². The van der Waals surface area contributed by atoms with Gasteiger partial charge in [0.2, 0.25) is 0 Å². The Morgan fingerprint density at radius 3 is 2.34 bits per heavy atom. The van der Waals surface area contributed by atoms with Crippen LogP contribution in [-0.2, 0) is 12.0 Å². The first-order valence-electron chi connectivity index (χ1n) is 11.9. The molecule has 2 aromatic carbocycles. The maximum Gasteiger partial charge on any atom is 0.295 e. The fraction of sp³-hybridized carbons (Fsp3) is 0.393. The number of fused-ring (bicyclic) bond motifs is 1. The summed E-state index contributed by atoms with van der Waals surface area (Å²) in [5, 5.41) is 19.8. The molecule has 0 amide bonds. The van der Waals surface area contributed by atoms with Crippen LogP contribution in [0.5, 0.6) is 5.75 Å². The summed E-state index contributed by atoms with van der Waals surface area (Å²) < 4.78 is 8.67. The van der Waals surface area contributed by atoms with Gasteiger partial charge in [0.25, 0.3) is 5.56 Å². The number of para-hydroxylation sites is 1. The summed E-state index contributed by atoms with van der Waals surface area (Å²) >= 11 is 0. The summed E-state index contributed by atoms with van der Waals surface area (Å²) in [4.78, 5) is 12.9. The van der Waals surface area contributed by atoms with E-state index < -0.39 is 6.10 Å². The van der Waals surface area contributed by atoms with Gasteiger partial charge in [-0.15, -0.1) is 0 Å². The van der Waals surface area contributed by atoms with E-state index in [0.717, 1.165) is 12.1 Å². The van der Waals surface area contributed by atoms with E-state index in [2.05, 4.69) is 56.9 Å². The average Bonchev–Trinajstić information content (AvgIpc) is 3.24. The minimum Gasteiger partial charge on any atom is -0.491 e. The second-order valence-corrected chi connectivity index (χ2v) is 11.0. The van der Waals surface area contributed by atoms with Crippen LogP contribution in [0.4, 0.5) is 0 Å². The Labute approximate surface area is 206 Å². The van der Waals surface area contributed by atoms with Crippen LogP contribution in [0.2, 0.25) is 0 Å². The zero-order valence-electron chi connectivity index (χ0n) is 21.1. The van der Waals surface area contributed by atoms with Crippen molar-refractivity contribution in [2.75, 3.05) is 6.61 Å². The Morgan fingerprint density at radius 1 is 1.00 bits per heavy atom. The summed E-state index contributed by atoms with van der Waals surface area (Å²) in [7, 11) is 0. The Morgan fingerprint density at radius 2 is 1.69 bits per heavy atom. The first kappa shape index (κ1) is 24.7. The molecular weight excluding hydrogens is 440 g/mol. The third-order valence-electron chi connectivity index (χ3n) is 5.97. The second-order valence-electron chi connectivity index (χ2n) is 11.0. The Kier molecular flexibility index (Phi) is 6.81. The maximum absolute atomic E-state index is 12.9. The highest BCUT2D eigenvalue weighted by Gasteiger charge is 2.27. The molecule has 0 saturated heterocycles. The van der Waals surface area contributed by atoms with Gasteiger partial charge in [0, 0.05) is 11.6 Å². The average molecular weight is 475 g/mol. The van der Waals surface area contributed by atoms with Gasteiger partial charge in [-0.05, 0) is 47.1 Å². The van der Waals surface area contributed by atoms with Crippen molar-refractivity contribution in [2.24, 2.45) is 5.41 Å². The highest BCUT2D eigenvalue weighted by Crippen LogP contribution is 2.36. The number of benzene rings is 2. The molecule has 0 aliphatic heterocycles. The molecule has 0 bridgehead atoms. The first-order valence-corrected chi connectivity index (χ1v) is 11.9. The molecule has 0 fully saturated rings. The zero-order chi connectivity index (χ0) is 25.2. The lowest BCUT2D eigenvalue weighted by Gasteiger charge is -2.33. The number of aliphatic hydroxyl groups excluding tert-OH is 1. The minimum absolute atomic E-state index is 0.0175. The molecule has 184 valence electrons. The van der Waals surface area contributed by atoms with Crippen molar-refractivity contribution >= 4 is 10.9 Å². The number of aromatic nitrogens is 4. The molecule has 2 aromatic heterocycles. The number of hydrogen-bond acceptors (Lipinski definition) is 5. The van der Waals surface area contributed by atoms with Crippen molar-refractivity contribution in [3.63, 3.8) is 0 Å². The number of ether oxygens (including phenoxy) is 1. The molecule has 0 saturated carbocycles. The number of nitrogens with zero attached hydrogens (tertiary/aromatic N) is 4. The van der Waals surface area contributed by atoms with Gasteiger partial charge in [-0.3, -0.25) is 4.79 Å². The van der Waals surface area contributed by atoms with E-state index in [9.17, 15) is 9.90 Å². The molecule has 0 aliphatic carbocycles. The Bertz CT molecular complexity index is 1330. The number of rotatable bonds is 8. The number of hydrogen-bond donors (Lipinski definition) is 1. The summed E-state index contributed by atoms with van der Waals surface area (Å²) in [6.07, 6.45) is 3.53. The fourth-order valence-electron chi connectivity index (χ4n) is 4.67. The van der Waals surface area contributed by atoms with Crippen LogP contribution in [0.25, 0.3) is 16.6 Å². The van der Waals surface area contributed by atoms with E-state index in [1.165, 1.54) is 10.2 Å². The van der Waals surface area contributed by atoms with E-state index >= 15 is 0 Å². The normalized spacial score (nSPS) is 13.2. The predicted octanol–water partition coefficient (Wildman–Crippen LogP) is 4.74. The van der Waals surface area contributed by atoms with Crippen LogP contribution in [0.3, 0.4) is 0 Å². The molecule has 2 heterocycles. The van der Waals surface area contributed by atoms with Crippen molar-refractivity contribution in [2.45, 2.75) is 59.1 Å². The maximum atomic E-state index is 12.9. The Balaban J connectivity index is 1.40. The van der Waals surface area contributed by atoms with Crippen LogP contribution in [0.1, 0.15) is 46.6 Å². The molecule has 7 nitrogen and oxygen atoms in total. The van der Waals surface area contributed by atoms with Gasteiger partial charge in [-0.2, -0.15) is 10.2 Å². The molecule has 0 radical (unpaired) electrons. The lowest BCUT2D eigenvalue weighted by atomic mass is 9.72. The van der Waals surface area contributed by atoms with Crippen LogP contribution in [0.15, 0.2) is 71.8 Å². The van der Waals surface area contributed by atoms with Gasteiger partial charge >= 0.3 is 0 Å². The molecule has 4 aromatic rings. The third-order valence-corrected chi connectivity index (χ3v) is 5.97. The van der Waals surface area contributed by atoms with Gasteiger partial charge in [-0.1, -0.05) is 65.0 Å². The van der Waals surface area contributed by atoms with Gasteiger partial charge in [0.1, 0.15) is 18.5 Å². The lowest BCUT2D eigenvalue weighted by molar-refractivity contribution is 0.0881. The van der Waals surface area contributed by atoms with Crippen molar-refractivity contribution in [1.29, 1.82) is 0 Å². The molecule has 7 heteroatoms. The summed E-state index contributed by atoms with van der Waals surface area (Å²) in [5.41, 5.74) is 2.36. The van der Waals surface area contributed by atoms with Crippen molar-refractivity contribution in [1.82, 2.24) is 19.6 Å². The third kappa shape index (κ3) is 5.98. The van der Waals surface area contributed by atoms with Crippen molar-refractivity contribution < 1.29 is 9.84 Å². The standard InChI is InChI=1S/C28H34N4O3/c1-27(2,3)19-28(4,5)21-11-13-24(14-12-21)35-18-23(33)17-32-26(34)25-20(15-29-32)16-31(30-25)22-9-7-6-8-10-22/h6-16,23,33H,17-19H2,1-5H3. The molecule has 0 aliphatic rings. The quantitative estimate of drug-likeness (QED) is 0.399. The largest absolute Gasteiger partial charge is 0.491 e. The summed E-state index contributed by atoms with van der Waals surface area (Å²) in [6.45, 7) is 11.3. The van der Waals surface area contributed by atoms with Gasteiger partial charge in [0.15, 0.2) is 5.52 Å². The molecule has 35 heavy (non-hydrogen) atoms. The van der Waals surface area contributed by atoms with E-state index in [4.69, 9.17) is 4.74 Å². The SMILES string of the molecule is CC(C)(C)CC(C)(C)c1ccc(OCC(O)Cn2ncc3cn(-c4ccccc4)nc3c2=O)cc1. The second kappa shape index (κ2) is 9.66. The molecule has 0 spiro atoms. The molecule has 1 atom stereocenters. The molecular formula is C28H34N4O3. The smallest absolute Gasteiger partial charge is 0.295 e. The van der Waals surface area contributed by atoms with E-state index in [-0.39, 0.29) is 29.5 Å². The fourth-order valence-corrected chi connectivity index (χ4v) is 4.67. The van der Waals surface area contributed by atoms with E-state index in [0.29, 0.717) is 16.7 Å². The molecule has 1 unspecified atom stereocenters. The summed E-state index contributed by atoms with van der Waals surface area (Å²) in [5.74, 6) is 0.678. The van der Waals surface area contributed by atoms with Crippen LogP contribution in [-0.4, -0.2) is 37.4 Å². The van der Waals surface area contributed by atoms with Crippen molar-refractivity contribution in [3.8, 4) is 11.4 Å². The van der Waals surface area contributed by atoms with Crippen LogP contribution in [0, 0.1) is 5.41 Å². The van der Waals surface area contributed by atoms with Gasteiger partial charge < -0.3 is 9.84 Å². The van der Waals surface area contributed by atoms with Crippen LogP contribution < -0.4 is 10.3 Å². The predicted molar refractivity (Wildman–Crippen MR) is 138 cm³/mol. The molecule has 4 rings (SSSR count). The zero-order valence-corrected chi connectivity index (χ0v) is 21.1. The molecule has 1 N–H and O–H groups in total. The highest BCUT2D eigenvalue weighted by atomic mass is 16.5. The lowest BCUT2D eigenvalue weighted by Crippen LogP contribution is -2.32. The van der Waals surface area contributed by atoms with E-state index in [1.807, 2.05) is 42.5 Å². The van der Waals surface area contributed by atoms with Crippen molar-refractivity contribution in [3.05, 3.63) is 82.9 Å². The minimum atomic E-state index is -0.897. The number of aliphatic hydroxyl groups is 1.